The number of hydrogen-bond donors (Lipinski definition) is 3. The Morgan fingerprint density at radius 3 is 1.93 bits per heavy atom. The summed E-state index contributed by atoms with van der Waals surface area (Å²) in [5, 5.41) is 9.68. The van der Waals surface area contributed by atoms with Gasteiger partial charge in [-0.2, -0.15) is 8.42 Å². The third kappa shape index (κ3) is 14.5. The molecule has 176 valence electrons. The maximum absolute atomic E-state index is 12.0. The summed E-state index contributed by atoms with van der Waals surface area (Å²) in [6.07, 6.45) is 7.34. The molecule has 0 aromatic rings. The molecule has 0 saturated carbocycles. The second-order valence-electron chi connectivity index (χ2n) is 7.36. The van der Waals surface area contributed by atoms with Crippen LogP contribution in [0.25, 0.3) is 0 Å². The van der Waals surface area contributed by atoms with Gasteiger partial charge in [0.1, 0.15) is 12.0 Å². The van der Waals surface area contributed by atoms with Crippen molar-refractivity contribution in [2.45, 2.75) is 102 Å². The molecule has 9 nitrogen and oxygen atoms in total. The molecule has 2 unspecified atom stereocenters. The number of esters is 1. The summed E-state index contributed by atoms with van der Waals surface area (Å²) in [6.45, 7) is 3.66. The zero-order chi connectivity index (χ0) is 23.0. The van der Waals surface area contributed by atoms with Gasteiger partial charge in [0.25, 0.3) is 10.1 Å². The summed E-state index contributed by atoms with van der Waals surface area (Å²) < 4.78 is 36.4. The standard InChI is InChI=1S/C20H37NO8S/c1-3-5-6-7-8-9-10-11-12-13-16(22)14-18(23)21-20(25)17(30(26,27)28)15-19(24)29-4-2/h17-18,23H,3-15H2,1-2H3,(H,21,25)(H,26,27,28). The van der Waals surface area contributed by atoms with Gasteiger partial charge in [-0.15, -0.1) is 0 Å². The number of ether oxygens (including phenoxy) is 1. The summed E-state index contributed by atoms with van der Waals surface area (Å²) in [4.78, 5) is 35.4. The lowest BCUT2D eigenvalue weighted by Crippen LogP contribution is -2.46. The third-order valence-corrected chi connectivity index (χ3v) is 5.70. The van der Waals surface area contributed by atoms with Gasteiger partial charge in [-0.1, -0.05) is 58.3 Å². The van der Waals surface area contributed by atoms with Crippen molar-refractivity contribution in [1.29, 1.82) is 0 Å². The minimum Gasteiger partial charge on any atom is -0.466 e. The number of carbonyl (C=O) groups excluding carboxylic acids is 3. The molecule has 0 aliphatic heterocycles. The first kappa shape index (κ1) is 28.5. The first-order valence-electron chi connectivity index (χ1n) is 10.7. The molecular weight excluding hydrogens is 414 g/mol. The van der Waals surface area contributed by atoms with E-state index in [0.29, 0.717) is 6.42 Å². The van der Waals surface area contributed by atoms with Crippen LogP contribution in [0.15, 0.2) is 0 Å². The lowest BCUT2D eigenvalue weighted by atomic mass is 10.0. The van der Waals surface area contributed by atoms with E-state index in [9.17, 15) is 27.9 Å². The van der Waals surface area contributed by atoms with Crippen molar-refractivity contribution in [1.82, 2.24) is 5.32 Å². The molecule has 0 aliphatic carbocycles. The number of rotatable bonds is 18. The number of ketones is 1. The fourth-order valence-corrected chi connectivity index (χ4v) is 3.65. The number of unbranched alkanes of at least 4 members (excludes halogenated alkanes) is 8. The van der Waals surface area contributed by atoms with Gasteiger partial charge in [-0.3, -0.25) is 18.9 Å². The number of nitrogens with one attached hydrogen (secondary N) is 1. The van der Waals surface area contributed by atoms with E-state index in [1.165, 1.54) is 39.0 Å². The van der Waals surface area contributed by atoms with Gasteiger partial charge >= 0.3 is 5.97 Å². The van der Waals surface area contributed by atoms with Crippen molar-refractivity contribution < 1.29 is 37.2 Å². The summed E-state index contributed by atoms with van der Waals surface area (Å²) in [5.74, 6) is -2.51. The quantitative estimate of drug-likeness (QED) is 0.125. The summed E-state index contributed by atoms with van der Waals surface area (Å²) in [7, 11) is -4.89. The van der Waals surface area contributed by atoms with Crippen LogP contribution >= 0.6 is 0 Å². The van der Waals surface area contributed by atoms with Crippen molar-refractivity contribution in [3.8, 4) is 0 Å². The van der Waals surface area contributed by atoms with Gasteiger partial charge in [0, 0.05) is 6.42 Å². The highest BCUT2D eigenvalue weighted by Gasteiger charge is 2.35. The molecule has 30 heavy (non-hydrogen) atoms. The van der Waals surface area contributed by atoms with E-state index >= 15 is 0 Å². The SMILES string of the molecule is CCCCCCCCCCCC(=O)CC(O)NC(=O)C(CC(=O)OCC)S(=O)(=O)O. The van der Waals surface area contributed by atoms with Gasteiger partial charge in [0.15, 0.2) is 5.25 Å². The minimum atomic E-state index is -4.89. The molecular formula is C20H37NO8S. The van der Waals surface area contributed by atoms with E-state index in [1.54, 1.807) is 0 Å². The van der Waals surface area contributed by atoms with E-state index in [0.717, 1.165) is 19.3 Å². The Bertz CT molecular complexity index is 620. The van der Waals surface area contributed by atoms with Crippen LogP contribution in [0.2, 0.25) is 0 Å². The van der Waals surface area contributed by atoms with E-state index in [1.807, 2.05) is 5.32 Å². The molecule has 1 amide bonds. The Morgan fingerprint density at radius 2 is 1.43 bits per heavy atom. The first-order valence-corrected chi connectivity index (χ1v) is 12.2. The second kappa shape index (κ2) is 16.2. The Kier molecular flexibility index (Phi) is 15.4. The molecule has 0 bridgehead atoms. The highest BCUT2D eigenvalue weighted by Crippen LogP contribution is 2.12. The van der Waals surface area contributed by atoms with Crippen molar-refractivity contribution in [3.05, 3.63) is 0 Å². The van der Waals surface area contributed by atoms with Crippen LogP contribution in [-0.2, 0) is 29.2 Å². The van der Waals surface area contributed by atoms with Crippen LogP contribution in [0, 0.1) is 0 Å². The summed E-state index contributed by atoms with van der Waals surface area (Å²) >= 11 is 0. The van der Waals surface area contributed by atoms with E-state index in [-0.39, 0.29) is 25.2 Å². The predicted molar refractivity (Wildman–Crippen MR) is 112 cm³/mol. The minimum absolute atomic E-state index is 0.0192. The average Bonchev–Trinajstić information content (AvgIpc) is 2.63. The molecule has 0 fully saturated rings. The molecule has 0 rings (SSSR count). The van der Waals surface area contributed by atoms with Crippen LogP contribution in [0.5, 0.6) is 0 Å². The van der Waals surface area contributed by atoms with Crippen LogP contribution < -0.4 is 5.32 Å². The van der Waals surface area contributed by atoms with Gasteiger partial charge in [0.05, 0.1) is 19.4 Å². The molecule has 10 heteroatoms. The third-order valence-electron chi connectivity index (χ3n) is 4.60. The zero-order valence-electron chi connectivity index (χ0n) is 18.1. The van der Waals surface area contributed by atoms with Gasteiger partial charge in [0.2, 0.25) is 5.91 Å². The number of amides is 1. The molecule has 0 aromatic carbocycles. The average molecular weight is 452 g/mol. The molecule has 2 atom stereocenters. The lowest BCUT2D eigenvalue weighted by Gasteiger charge is -2.17. The topological polar surface area (TPSA) is 147 Å². The highest BCUT2D eigenvalue weighted by atomic mass is 32.2. The number of aliphatic hydroxyl groups excluding tert-OH is 1. The maximum Gasteiger partial charge on any atom is 0.307 e. The van der Waals surface area contributed by atoms with Gasteiger partial charge in [-0.25, -0.2) is 0 Å². The van der Waals surface area contributed by atoms with Crippen LogP contribution in [0.3, 0.4) is 0 Å². The van der Waals surface area contributed by atoms with Gasteiger partial charge < -0.3 is 15.2 Å². The smallest absolute Gasteiger partial charge is 0.307 e. The van der Waals surface area contributed by atoms with Crippen molar-refractivity contribution in [2.24, 2.45) is 0 Å². The highest BCUT2D eigenvalue weighted by molar-refractivity contribution is 7.87. The zero-order valence-corrected chi connectivity index (χ0v) is 18.9. The van der Waals surface area contributed by atoms with Crippen LogP contribution in [0.1, 0.15) is 90.9 Å². The molecule has 3 N–H and O–H groups in total. The number of Topliss-reactive ketones (excluding diaryl/α,β-unsaturated/α-hetero) is 1. The molecule has 0 heterocycles. The summed E-state index contributed by atoms with van der Waals surface area (Å²) in [5.41, 5.74) is 0. The number of carbonyl (C=O) groups is 3. The van der Waals surface area contributed by atoms with Crippen molar-refractivity contribution in [3.63, 3.8) is 0 Å². The monoisotopic (exact) mass is 451 g/mol. The van der Waals surface area contributed by atoms with Crippen LogP contribution in [0.4, 0.5) is 0 Å². The van der Waals surface area contributed by atoms with E-state index < -0.39 is 39.9 Å². The Morgan fingerprint density at radius 1 is 0.900 bits per heavy atom. The summed E-state index contributed by atoms with van der Waals surface area (Å²) in [6, 6.07) is 0. The van der Waals surface area contributed by atoms with Crippen molar-refractivity contribution >= 4 is 27.8 Å². The first-order chi connectivity index (χ1) is 14.1. The van der Waals surface area contributed by atoms with Crippen molar-refractivity contribution in [2.75, 3.05) is 6.61 Å². The Balaban J connectivity index is 4.21. The Hall–Kier alpha value is -1.52. The number of hydrogen-bond acceptors (Lipinski definition) is 7. The van der Waals surface area contributed by atoms with E-state index in [4.69, 9.17) is 4.55 Å². The van der Waals surface area contributed by atoms with Crippen LogP contribution in [-0.4, -0.2) is 53.8 Å². The maximum atomic E-state index is 12.0. The van der Waals surface area contributed by atoms with Gasteiger partial charge in [-0.05, 0) is 13.3 Å². The molecule has 0 aliphatic rings. The molecule has 0 aromatic heterocycles. The second-order valence-corrected chi connectivity index (χ2v) is 8.96. The number of aliphatic hydroxyl groups is 1. The molecule has 0 saturated heterocycles. The Labute approximate surface area is 179 Å². The van der Waals surface area contributed by atoms with E-state index in [2.05, 4.69) is 11.7 Å². The largest absolute Gasteiger partial charge is 0.466 e. The normalized spacial score (nSPS) is 13.5. The lowest BCUT2D eigenvalue weighted by molar-refractivity contribution is -0.144. The molecule has 0 radical (unpaired) electrons. The molecule has 0 spiro atoms. The fourth-order valence-electron chi connectivity index (χ4n) is 2.96. The fraction of sp³-hybridized carbons (Fsp3) is 0.850. The predicted octanol–water partition coefficient (Wildman–Crippen LogP) is 2.51.